The molecule has 2 aliphatic heterocycles. The zero-order valence-electron chi connectivity index (χ0n) is 28.8. The van der Waals surface area contributed by atoms with Gasteiger partial charge in [-0.15, -0.1) is 0 Å². The molecule has 1 atom stereocenters. The first-order valence-electron chi connectivity index (χ1n) is 18.1. The van der Waals surface area contributed by atoms with E-state index >= 15 is 0 Å². The number of ether oxygens (including phenoxy) is 1. The van der Waals surface area contributed by atoms with Crippen LogP contribution in [0.1, 0.15) is 53.5 Å². The Balaban J connectivity index is 1.09. The van der Waals surface area contributed by atoms with E-state index in [1.165, 1.54) is 17.5 Å². The Morgan fingerprint density at radius 2 is 1.73 bits per heavy atom. The van der Waals surface area contributed by atoms with Crippen molar-refractivity contribution in [3.05, 3.63) is 130 Å². The minimum atomic E-state index is -0.835. The summed E-state index contributed by atoms with van der Waals surface area (Å²) in [5.41, 5.74) is 9.61. The Labute approximate surface area is 303 Å². The molecule has 0 saturated carbocycles. The number of phenols is 1. The van der Waals surface area contributed by atoms with Gasteiger partial charge >= 0.3 is 0 Å². The number of piperidine rings is 1. The predicted molar refractivity (Wildman–Crippen MR) is 208 cm³/mol. The molecule has 4 N–H and O–H groups in total. The van der Waals surface area contributed by atoms with Crippen molar-refractivity contribution >= 4 is 50.5 Å². The smallest absolute Gasteiger partial charge is 0.145 e. The van der Waals surface area contributed by atoms with Crippen LogP contribution < -0.4 is 20.7 Å². The molecule has 1 aromatic heterocycles. The molecular formula is C43H42ClN5O2. The first-order chi connectivity index (χ1) is 25.0. The largest absolute Gasteiger partial charge is 0.507 e. The van der Waals surface area contributed by atoms with Crippen LogP contribution in [-0.2, 0) is 25.0 Å². The molecule has 5 aromatic carbocycles. The Hall–Kier alpha value is -4.82. The van der Waals surface area contributed by atoms with Crippen molar-refractivity contribution in [2.24, 2.45) is 0 Å². The van der Waals surface area contributed by atoms with E-state index in [0.717, 1.165) is 113 Å². The SMILES string of the molecule is COc1ccc2c(c1)C(Nc1cccc3nc4ccccc4cc13)(NC1CCN(Cc3ccc4c(c3O)CCCC4)CC1)c1ccc(Cl)cc1N2. The normalized spacial score (nSPS) is 18.9. The van der Waals surface area contributed by atoms with Gasteiger partial charge in [-0.05, 0) is 117 Å². The fourth-order valence-electron chi connectivity index (χ4n) is 8.51. The topological polar surface area (TPSA) is 81.7 Å². The molecule has 258 valence electrons. The summed E-state index contributed by atoms with van der Waals surface area (Å²) in [5.74, 6) is 1.30. The fourth-order valence-corrected chi connectivity index (χ4v) is 8.68. The lowest BCUT2D eigenvalue weighted by atomic mass is 9.83. The number of para-hydroxylation sites is 1. The van der Waals surface area contributed by atoms with E-state index < -0.39 is 5.66 Å². The maximum absolute atomic E-state index is 11.2. The monoisotopic (exact) mass is 695 g/mol. The summed E-state index contributed by atoms with van der Waals surface area (Å²) in [6, 6.07) is 33.7. The second-order valence-electron chi connectivity index (χ2n) is 14.3. The Kier molecular flexibility index (Phi) is 8.22. The minimum absolute atomic E-state index is 0.195. The fraction of sp³-hybridized carbons (Fsp3) is 0.279. The van der Waals surface area contributed by atoms with Crippen LogP contribution in [0, 0.1) is 0 Å². The standard InChI is InChI=1S/C43H42ClN5O2/c1-51-32-16-18-40-36(25-32)43(35-17-15-30(44)24-41(35)46-40,48-39-12-6-11-38-34(39)23-28-8-3-5-10-37(28)45-38)47-31-19-21-49(22-20-31)26-29-14-13-27-7-2-4-9-33(27)42(29)50/h3,5-6,8,10-18,23-25,31,46-48,50H,2,4,7,9,19-22,26H2,1H3. The molecule has 0 amide bonds. The highest BCUT2D eigenvalue weighted by Crippen LogP contribution is 2.48. The summed E-state index contributed by atoms with van der Waals surface area (Å²) in [4.78, 5) is 7.52. The van der Waals surface area contributed by atoms with Gasteiger partial charge in [0.15, 0.2) is 0 Å². The van der Waals surface area contributed by atoms with Crippen LogP contribution in [0.2, 0.25) is 5.02 Å². The third kappa shape index (κ3) is 5.83. The van der Waals surface area contributed by atoms with Crippen molar-refractivity contribution in [3.8, 4) is 11.5 Å². The minimum Gasteiger partial charge on any atom is -0.507 e. The van der Waals surface area contributed by atoms with Gasteiger partial charge in [0.05, 0.1) is 18.1 Å². The molecule has 6 aromatic rings. The number of fused-ring (bicyclic) bond motifs is 5. The number of nitrogens with one attached hydrogen (secondary N) is 3. The number of aromatic hydroxyl groups is 1. The number of aromatic nitrogens is 1. The molecule has 3 aliphatic rings. The number of anilines is 3. The molecule has 9 rings (SSSR count). The average Bonchev–Trinajstić information content (AvgIpc) is 3.16. The maximum atomic E-state index is 11.2. The number of methoxy groups -OCH3 is 1. The summed E-state index contributed by atoms with van der Waals surface area (Å²) in [6.45, 7) is 2.60. The maximum Gasteiger partial charge on any atom is 0.145 e. The Morgan fingerprint density at radius 1 is 0.882 bits per heavy atom. The zero-order chi connectivity index (χ0) is 34.5. The number of phenolic OH excluding ortho intramolecular Hbond substituents is 1. The molecule has 51 heavy (non-hydrogen) atoms. The van der Waals surface area contributed by atoms with Gasteiger partial charge in [-0.1, -0.05) is 54.1 Å². The van der Waals surface area contributed by atoms with E-state index in [-0.39, 0.29) is 6.04 Å². The van der Waals surface area contributed by atoms with E-state index in [2.05, 4.69) is 93.6 Å². The summed E-state index contributed by atoms with van der Waals surface area (Å²) in [7, 11) is 1.71. The number of benzene rings is 5. The third-order valence-corrected chi connectivity index (χ3v) is 11.4. The van der Waals surface area contributed by atoms with Gasteiger partial charge in [-0.3, -0.25) is 10.2 Å². The second kappa shape index (κ2) is 13.1. The first kappa shape index (κ1) is 32.1. The lowest BCUT2D eigenvalue weighted by molar-refractivity contribution is 0.175. The molecular weight excluding hydrogens is 654 g/mol. The number of pyridine rings is 1. The highest BCUT2D eigenvalue weighted by molar-refractivity contribution is 6.31. The summed E-state index contributed by atoms with van der Waals surface area (Å²) < 4.78 is 5.81. The second-order valence-corrected chi connectivity index (χ2v) is 14.7. The van der Waals surface area contributed by atoms with Crippen molar-refractivity contribution < 1.29 is 9.84 Å². The average molecular weight is 696 g/mol. The van der Waals surface area contributed by atoms with Gasteiger partial charge in [0.2, 0.25) is 0 Å². The van der Waals surface area contributed by atoms with Gasteiger partial charge in [-0.25, -0.2) is 4.98 Å². The highest BCUT2D eigenvalue weighted by atomic mass is 35.5. The van der Waals surface area contributed by atoms with Crippen LogP contribution in [0.5, 0.6) is 11.5 Å². The van der Waals surface area contributed by atoms with E-state index in [1.54, 1.807) is 7.11 Å². The van der Waals surface area contributed by atoms with Crippen LogP contribution >= 0.6 is 11.6 Å². The molecule has 8 heteroatoms. The predicted octanol–water partition coefficient (Wildman–Crippen LogP) is 9.26. The van der Waals surface area contributed by atoms with Crippen LogP contribution in [0.15, 0.2) is 97.1 Å². The molecule has 0 bridgehead atoms. The summed E-state index contributed by atoms with van der Waals surface area (Å²) in [6.07, 6.45) is 6.32. The number of hydrogen-bond acceptors (Lipinski definition) is 7. The number of nitrogens with zero attached hydrogens (tertiary/aromatic N) is 2. The van der Waals surface area contributed by atoms with Crippen LogP contribution in [0.4, 0.5) is 17.1 Å². The Bertz CT molecular complexity index is 2280. The number of hydrogen-bond donors (Lipinski definition) is 4. The van der Waals surface area contributed by atoms with Crippen molar-refractivity contribution in [2.45, 2.75) is 56.8 Å². The summed E-state index contributed by atoms with van der Waals surface area (Å²) in [5, 5.41) is 26.0. The molecule has 0 radical (unpaired) electrons. The quantitative estimate of drug-likeness (QED) is 0.0979. The first-order valence-corrected chi connectivity index (χ1v) is 18.5. The van der Waals surface area contributed by atoms with Crippen molar-refractivity contribution in [2.75, 3.05) is 30.8 Å². The van der Waals surface area contributed by atoms with Gasteiger partial charge in [0.1, 0.15) is 17.2 Å². The van der Waals surface area contributed by atoms with Crippen LogP contribution in [-0.4, -0.2) is 41.2 Å². The zero-order valence-corrected chi connectivity index (χ0v) is 29.6. The van der Waals surface area contributed by atoms with E-state index in [4.69, 9.17) is 21.3 Å². The molecule has 1 aliphatic carbocycles. The molecule has 3 heterocycles. The van der Waals surface area contributed by atoms with Crippen LogP contribution in [0.3, 0.4) is 0 Å². The van der Waals surface area contributed by atoms with Gasteiger partial charge in [0.25, 0.3) is 0 Å². The molecule has 0 spiro atoms. The van der Waals surface area contributed by atoms with Crippen LogP contribution in [0.25, 0.3) is 21.8 Å². The van der Waals surface area contributed by atoms with Gasteiger partial charge in [-0.2, -0.15) is 0 Å². The lowest BCUT2D eigenvalue weighted by Crippen LogP contribution is -2.57. The number of halogens is 1. The molecule has 1 saturated heterocycles. The Morgan fingerprint density at radius 3 is 2.61 bits per heavy atom. The molecule has 1 unspecified atom stereocenters. The van der Waals surface area contributed by atoms with Gasteiger partial charge in [0, 0.05) is 62.1 Å². The van der Waals surface area contributed by atoms with Crippen molar-refractivity contribution in [3.63, 3.8) is 0 Å². The van der Waals surface area contributed by atoms with E-state index in [0.29, 0.717) is 10.8 Å². The van der Waals surface area contributed by atoms with Crippen molar-refractivity contribution in [1.82, 2.24) is 15.2 Å². The van der Waals surface area contributed by atoms with E-state index in [9.17, 15) is 5.11 Å². The highest BCUT2D eigenvalue weighted by Gasteiger charge is 2.44. The molecule has 7 nitrogen and oxygen atoms in total. The summed E-state index contributed by atoms with van der Waals surface area (Å²) >= 11 is 6.63. The lowest BCUT2D eigenvalue weighted by Gasteiger charge is -2.46. The number of rotatable bonds is 7. The number of likely N-dealkylation sites (tertiary alicyclic amines) is 1. The van der Waals surface area contributed by atoms with Crippen molar-refractivity contribution in [1.29, 1.82) is 0 Å². The molecule has 1 fully saturated rings. The third-order valence-electron chi connectivity index (χ3n) is 11.2. The van der Waals surface area contributed by atoms with E-state index in [1.807, 2.05) is 24.3 Å². The van der Waals surface area contributed by atoms with Gasteiger partial charge < -0.3 is 20.5 Å². The number of aryl methyl sites for hydroxylation is 1.